The highest BCUT2D eigenvalue weighted by molar-refractivity contribution is 6.03. The van der Waals surface area contributed by atoms with Crippen molar-refractivity contribution in [2.24, 2.45) is 0 Å². The number of aromatic nitrogens is 2. The number of hydrogen-bond acceptors (Lipinski definition) is 5. The maximum atomic E-state index is 12.8. The molecule has 35 heavy (non-hydrogen) atoms. The fraction of sp³-hybridized carbons (Fsp3) is 0.481. The Labute approximate surface area is 207 Å². The van der Waals surface area contributed by atoms with Crippen LogP contribution in [0, 0.1) is 11.3 Å². The molecule has 184 valence electrons. The number of nitrogens with one attached hydrogen (secondary N) is 2. The number of nitrogens with zero attached hydrogens (tertiary/aromatic N) is 4. The highest BCUT2D eigenvalue weighted by atomic mass is 16.2. The zero-order chi connectivity index (χ0) is 24.8. The van der Waals surface area contributed by atoms with Gasteiger partial charge in [0, 0.05) is 24.3 Å². The molecule has 0 unspecified atom stereocenters. The Morgan fingerprint density at radius 2 is 2.03 bits per heavy atom. The number of carbonyl (C=O) groups excluding carboxylic acids is 2. The summed E-state index contributed by atoms with van der Waals surface area (Å²) in [5.74, 6) is 0.341. The van der Waals surface area contributed by atoms with Gasteiger partial charge in [-0.25, -0.2) is 4.98 Å². The van der Waals surface area contributed by atoms with Gasteiger partial charge in [0.1, 0.15) is 11.8 Å². The number of allylic oxidation sites excluding steroid dienone is 2. The molecular weight excluding hydrogens is 440 g/mol. The van der Waals surface area contributed by atoms with Gasteiger partial charge in [-0.2, -0.15) is 5.26 Å². The van der Waals surface area contributed by atoms with Crippen molar-refractivity contribution in [1.29, 1.82) is 5.26 Å². The first kappa shape index (κ1) is 24.7. The summed E-state index contributed by atoms with van der Waals surface area (Å²) in [5, 5.41) is 12.0. The van der Waals surface area contributed by atoms with E-state index in [1.807, 2.05) is 36.0 Å². The number of likely N-dealkylation sites (N-methyl/N-ethyl adjacent to an activating group) is 1. The minimum absolute atomic E-state index is 0.126. The van der Waals surface area contributed by atoms with Crippen LogP contribution in [0.1, 0.15) is 78.3 Å². The maximum absolute atomic E-state index is 12.8. The van der Waals surface area contributed by atoms with Gasteiger partial charge in [-0.3, -0.25) is 9.59 Å². The number of hydrogen-bond donors (Lipinski definition) is 2. The lowest BCUT2D eigenvalue weighted by Gasteiger charge is -2.33. The number of likely N-dealkylation sites (tertiary alicyclic amines) is 1. The zero-order valence-electron chi connectivity index (χ0n) is 20.6. The van der Waals surface area contributed by atoms with Gasteiger partial charge in [-0.1, -0.05) is 18.6 Å². The van der Waals surface area contributed by atoms with Crippen LogP contribution in [-0.4, -0.2) is 65.3 Å². The number of rotatable bonds is 6. The van der Waals surface area contributed by atoms with Crippen LogP contribution in [0.5, 0.6) is 0 Å². The molecule has 2 heterocycles. The first-order chi connectivity index (χ1) is 16.9. The van der Waals surface area contributed by atoms with Gasteiger partial charge in [0.15, 0.2) is 5.82 Å². The summed E-state index contributed by atoms with van der Waals surface area (Å²) < 4.78 is 0. The van der Waals surface area contributed by atoms with E-state index in [1.165, 1.54) is 30.2 Å². The summed E-state index contributed by atoms with van der Waals surface area (Å²) in [6.07, 6.45) is 11.1. The van der Waals surface area contributed by atoms with Crippen molar-refractivity contribution in [3.05, 3.63) is 53.1 Å². The third kappa shape index (κ3) is 6.17. The van der Waals surface area contributed by atoms with Crippen LogP contribution in [0.15, 0.2) is 30.5 Å². The molecule has 2 amide bonds. The van der Waals surface area contributed by atoms with E-state index in [9.17, 15) is 9.59 Å². The molecule has 0 spiro atoms. The summed E-state index contributed by atoms with van der Waals surface area (Å²) in [4.78, 5) is 35.9. The standard InChI is InChI=1S/C27H34N6O2/c1-32(2)18-25(34)33-13-11-19(12-14-33)21-9-10-24(23(15-21)20-7-5-3-4-6-8-20)31-27(35)26-29-17-22(16-28)30-26/h7,9-10,15,17,19H,3-6,8,11-14,18H2,1-2H3,(H,29,30)(H,31,35). The highest BCUT2D eigenvalue weighted by Gasteiger charge is 2.25. The number of anilines is 1. The highest BCUT2D eigenvalue weighted by Crippen LogP contribution is 2.36. The van der Waals surface area contributed by atoms with E-state index < -0.39 is 0 Å². The Hall–Kier alpha value is -3.44. The molecule has 2 aliphatic rings. The van der Waals surface area contributed by atoms with Gasteiger partial charge < -0.3 is 20.1 Å². The first-order valence-electron chi connectivity index (χ1n) is 12.5. The lowest BCUT2D eigenvalue weighted by atomic mass is 9.86. The van der Waals surface area contributed by atoms with Crippen molar-refractivity contribution in [2.75, 3.05) is 39.0 Å². The van der Waals surface area contributed by atoms with Crippen molar-refractivity contribution in [2.45, 2.75) is 50.9 Å². The molecule has 1 aromatic heterocycles. The third-order valence-corrected chi connectivity index (χ3v) is 6.86. The van der Waals surface area contributed by atoms with Gasteiger partial charge in [0.05, 0.1) is 12.7 Å². The summed E-state index contributed by atoms with van der Waals surface area (Å²) in [7, 11) is 3.84. The van der Waals surface area contributed by atoms with E-state index in [1.54, 1.807) is 0 Å². The Kier molecular flexibility index (Phi) is 7.98. The largest absolute Gasteiger partial charge is 0.342 e. The van der Waals surface area contributed by atoms with Crippen molar-refractivity contribution >= 4 is 23.1 Å². The Bertz CT molecular complexity index is 1130. The third-order valence-electron chi connectivity index (χ3n) is 6.86. The molecule has 0 radical (unpaired) electrons. The van der Waals surface area contributed by atoms with Crippen LogP contribution in [0.2, 0.25) is 0 Å². The normalized spacial score (nSPS) is 17.0. The van der Waals surface area contributed by atoms with E-state index in [0.29, 0.717) is 12.5 Å². The van der Waals surface area contributed by atoms with Crippen molar-refractivity contribution < 1.29 is 9.59 Å². The predicted molar refractivity (Wildman–Crippen MR) is 136 cm³/mol. The number of aromatic amines is 1. The second kappa shape index (κ2) is 11.3. The molecule has 8 heteroatoms. The minimum Gasteiger partial charge on any atom is -0.342 e. The van der Waals surface area contributed by atoms with E-state index >= 15 is 0 Å². The molecule has 1 aliphatic heterocycles. The Morgan fingerprint density at radius 1 is 1.23 bits per heavy atom. The SMILES string of the molecule is CN(C)CC(=O)N1CCC(c2ccc(NC(=O)c3ncc(C#N)[nH]3)c(C3=CCCCCC3)c2)CC1. The average molecular weight is 475 g/mol. The number of amides is 2. The minimum atomic E-state index is -0.359. The van der Waals surface area contributed by atoms with Crippen LogP contribution in [0.3, 0.4) is 0 Å². The van der Waals surface area contributed by atoms with Gasteiger partial charge in [0.25, 0.3) is 5.91 Å². The Morgan fingerprint density at radius 3 is 2.74 bits per heavy atom. The monoisotopic (exact) mass is 474 g/mol. The second-order valence-corrected chi connectivity index (χ2v) is 9.74. The smallest absolute Gasteiger partial charge is 0.291 e. The summed E-state index contributed by atoms with van der Waals surface area (Å²) in [5.41, 5.74) is 4.62. The number of nitriles is 1. The van der Waals surface area contributed by atoms with Gasteiger partial charge in [-0.05, 0) is 81.8 Å². The summed E-state index contributed by atoms with van der Waals surface area (Å²) in [6.45, 7) is 1.99. The maximum Gasteiger partial charge on any atom is 0.291 e. The molecule has 1 aliphatic carbocycles. The predicted octanol–water partition coefficient (Wildman–Crippen LogP) is 4.15. The first-order valence-corrected chi connectivity index (χ1v) is 12.5. The second-order valence-electron chi connectivity index (χ2n) is 9.74. The fourth-order valence-electron chi connectivity index (χ4n) is 4.96. The topological polar surface area (TPSA) is 105 Å². The number of imidazole rings is 1. The Balaban J connectivity index is 1.54. The molecule has 0 atom stereocenters. The lowest BCUT2D eigenvalue weighted by Crippen LogP contribution is -2.42. The van der Waals surface area contributed by atoms with Crippen LogP contribution in [-0.2, 0) is 4.79 Å². The van der Waals surface area contributed by atoms with Crippen molar-refractivity contribution in [3.63, 3.8) is 0 Å². The number of benzene rings is 1. The molecule has 2 N–H and O–H groups in total. The van der Waals surface area contributed by atoms with Gasteiger partial charge >= 0.3 is 0 Å². The molecule has 8 nitrogen and oxygen atoms in total. The molecular formula is C27H34N6O2. The molecule has 1 aromatic carbocycles. The van der Waals surface area contributed by atoms with Gasteiger partial charge in [0.2, 0.25) is 5.91 Å². The van der Waals surface area contributed by atoms with E-state index in [-0.39, 0.29) is 23.3 Å². The average Bonchev–Trinajstić information content (AvgIpc) is 3.19. The van der Waals surface area contributed by atoms with E-state index in [2.05, 4.69) is 33.5 Å². The molecule has 0 bridgehead atoms. The van der Waals surface area contributed by atoms with Crippen molar-refractivity contribution in [1.82, 2.24) is 19.8 Å². The number of H-pyrrole nitrogens is 1. The quantitative estimate of drug-likeness (QED) is 0.654. The lowest BCUT2D eigenvalue weighted by molar-refractivity contribution is -0.132. The molecule has 1 saturated heterocycles. The van der Waals surface area contributed by atoms with Crippen LogP contribution >= 0.6 is 0 Å². The molecule has 0 saturated carbocycles. The summed E-state index contributed by atoms with van der Waals surface area (Å²) >= 11 is 0. The molecule has 1 fully saturated rings. The number of carbonyl (C=O) groups is 2. The van der Waals surface area contributed by atoms with Crippen LogP contribution < -0.4 is 5.32 Å². The van der Waals surface area contributed by atoms with E-state index in [0.717, 1.165) is 56.4 Å². The van der Waals surface area contributed by atoms with Crippen LogP contribution in [0.25, 0.3) is 5.57 Å². The van der Waals surface area contributed by atoms with Gasteiger partial charge in [-0.15, -0.1) is 0 Å². The van der Waals surface area contributed by atoms with E-state index in [4.69, 9.17) is 5.26 Å². The molecule has 2 aromatic rings. The zero-order valence-corrected chi connectivity index (χ0v) is 20.6. The van der Waals surface area contributed by atoms with Crippen LogP contribution in [0.4, 0.5) is 5.69 Å². The molecule has 4 rings (SSSR count). The fourth-order valence-corrected chi connectivity index (χ4v) is 4.96. The van der Waals surface area contributed by atoms with Crippen molar-refractivity contribution in [3.8, 4) is 6.07 Å². The summed E-state index contributed by atoms with van der Waals surface area (Å²) in [6, 6.07) is 8.29. The number of piperidine rings is 1.